The molecule has 1 amide bonds. The number of hydrogen-bond donors (Lipinski definition) is 1. The molecule has 0 radical (unpaired) electrons. The van der Waals surface area contributed by atoms with Crippen molar-refractivity contribution >= 4 is 28.8 Å². The van der Waals surface area contributed by atoms with E-state index >= 15 is 0 Å². The number of rotatable bonds is 3. The van der Waals surface area contributed by atoms with Crippen LogP contribution in [0.1, 0.15) is 24.1 Å². The Morgan fingerprint density at radius 1 is 1.56 bits per heavy atom. The molecule has 1 aromatic rings. The normalized spacial score (nSPS) is 29.8. The summed E-state index contributed by atoms with van der Waals surface area (Å²) < 4.78 is 0.785. The van der Waals surface area contributed by atoms with Crippen LogP contribution in [0.2, 0.25) is 4.34 Å². The first-order chi connectivity index (χ1) is 8.63. The van der Waals surface area contributed by atoms with Gasteiger partial charge < -0.3 is 10.2 Å². The molecule has 2 fully saturated rings. The Kier molecular flexibility index (Phi) is 3.34. The van der Waals surface area contributed by atoms with Crippen molar-refractivity contribution in [3.8, 4) is 0 Å². The molecule has 2 saturated heterocycles. The first kappa shape index (κ1) is 12.5. The van der Waals surface area contributed by atoms with Gasteiger partial charge in [-0.15, -0.1) is 11.3 Å². The molecule has 1 aromatic heterocycles. The van der Waals surface area contributed by atoms with E-state index in [-0.39, 0.29) is 11.8 Å². The van der Waals surface area contributed by atoms with Crippen LogP contribution < -0.4 is 5.32 Å². The number of halogens is 1. The molecule has 0 spiro atoms. The molecule has 2 aliphatic rings. The summed E-state index contributed by atoms with van der Waals surface area (Å²) in [5.74, 6) is 0.461. The third-order valence-corrected chi connectivity index (χ3v) is 5.23. The van der Waals surface area contributed by atoms with Crippen molar-refractivity contribution in [3.05, 3.63) is 21.3 Å². The molecule has 2 bridgehead atoms. The second-order valence-corrected chi connectivity index (χ2v) is 7.09. The van der Waals surface area contributed by atoms with Gasteiger partial charge >= 0.3 is 0 Å². The Hall–Kier alpha value is -0.580. The molecule has 5 heteroatoms. The molecular weight excluding hydrogens is 268 g/mol. The maximum absolute atomic E-state index is 12.4. The van der Waals surface area contributed by atoms with E-state index in [0.717, 1.165) is 22.1 Å². The van der Waals surface area contributed by atoms with Crippen LogP contribution in [0.4, 0.5) is 0 Å². The number of carbonyl (C=O) groups excluding carboxylic acids is 1. The van der Waals surface area contributed by atoms with Crippen LogP contribution in [0.25, 0.3) is 0 Å². The number of fused-ring (bicyclic) bond motifs is 2. The van der Waals surface area contributed by atoms with Crippen molar-refractivity contribution in [2.75, 3.05) is 7.05 Å². The van der Waals surface area contributed by atoms with E-state index in [1.807, 2.05) is 24.1 Å². The van der Waals surface area contributed by atoms with Crippen molar-refractivity contribution in [2.24, 2.45) is 5.92 Å². The Labute approximate surface area is 116 Å². The first-order valence-corrected chi connectivity index (χ1v) is 7.58. The van der Waals surface area contributed by atoms with Crippen molar-refractivity contribution in [1.82, 2.24) is 10.2 Å². The zero-order valence-corrected chi connectivity index (χ0v) is 11.9. The predicted molar refractivity (Wildman–Crippen MR) is 73.9 cm³/mol. The molecule has 3 heterocycles. The summed E-state index contributed by atoms with van der Waals surface area (Å²) in [5, 5.41) is 3.52. The summed E-state index contributed by atoms with van der Waals surface area (Å²) >= 11 is 7.45. The van der Waals surface area contributed by atoms with E-state index in [9.17, 15) is 4.79 Å². The second-order valence-electron chi connectivity index (χ2n) is 5.29. The highest BCUT2D eigenvalue weighted by atomic mass is 35.5. The molecule has 3 unspecified atom stereocenters. The SMILES string of the molecule is CN(Cc1ccc(Cl)s1)C(=O)C1CC2CCC1N2. The van der Waals surface area contributed by atoms with Gasteiger partial charge in [0.2, 0.25) is 5.91 Å². The summed E-state index contributed by atoms with van der Waals surface area (Å²) in [4.78, 5) is 15.4. The maximum atomic E-state index is 12.4. The third-order valence-electron chi connectivity index (χ3n) is 4.02. The zero-order valence-electron chi connectivity index (χ0n) is 10.4. The molecule has 2 aliphatic heterocycles. The molecule has 3 atom stereocenters. The maximum Gasteiger partial charge on any atom is 0.227 e. The minimum atomic E-state index is 0.184. The van der Waals surface area contributed by atoms with Gasteiger partial charge in [0.05, 0.1) is 16.8 Å². The molecular formula is C13H17ClN2OS. The highest BCUT2D eigenvalue weighted by molar-refractivity contribution is 7.16. The van der Waals surface area contributed by atoms with Crippen LogP contribution in [-0.4, -0.2) is 29.9 Å². The van der Waals surface area contributed by atoms with Crippen LogP contribution >= 0.6 is 22.9 Å². The Morgan fingerprint density at radius 2 is 2.39 bits per heavy atom. The average Bonchev–Trinajstić information content (AvgIpc) is 3.04. The molecule has 3 nitrogen and oxygen atoms in total. The largest absolute Gasteiger partial charge is 0.340 e. The Balaban J connectivity index is 1.62. The predicted octanol–water partition coefficient (Wildman–Crippen LogP) is 2.50. The fraction of sp³-hybridized carbons (Fsp3) is 0.615. The molecule has 1 N–H and O–H groups in total. The minimum absolute atomic E-state index is 0.184. The molecule has 0 saturated carbocycles. The molecule has 3 rings (SSSR count). The lowest BCUT2D eigenvalue weighted by molar-refractivity contribution is -0.135. The highest BCUT2D eigenvalue weighted by Gasteiger charge is 2.43. The molecule has 18 heavy (non-hydrogen) atoms. The number of thiophene rings is 1. The number of nitrogens with one attached hydrogen (secondary N) is 1. The standard InChI is InChI=1S/C13H17ClN2OS/c1-16(7-9-3-5-12(14)18-9)13(17)10-6-8-2-4-11(10)15-8/h3,5,8,10-11,15H,2,4,6-7H2,1H3. The van der Waals surface area contributed by atoms with Gasteiger partial charge in [0, 0.05) is 24.0 Å². The third kappa shape index (κ3) is 2.29. The lowest BCUT2D eigenvalue weighted by Crippen LogP contribution is -2.38. The Morgan fingerprint density at radius 3 is 2.94 bits per heavy atom. The summed E-state index contributed by atoms with van der Waals surface area (Å²) in [6, 6.07) is 4.87. The quantitative estimate of drug-likeness (QED) is 0.925. The zero-order chi connectivity index (χ0) is 12.7. The van der Waals surface area contributed by atoms with Gasteiger partial charge in [-0.1, -0.05) is 11.6 Å². The van der Waals surface area contributed by atoms with E-state index in [0.29, 0.717) is 18.6 Å². The van der Waals surface area contributed by atoms with Crippen LogP contribution in [0.15, 0.2) is 12.1 Å². The number of carbonyl (C=O) groups is 1. The topological polar surface area (TPSA) is 32.3 Å². The van der Waals surface area contributed by atoms with Crippen molar-refractivity contribution < 1.29 is 4.79 Å². The van der Waals surface area contributed by atoms with Gasteiger partial charge in [-0.25, -0.2) is 0 Å². The minimum Gasteiger partial charge on any atom is -0.340 e. The summed E-state index contributed by atoms with van der Waals surface area (Å²) in [6.07, 6.45) is 3.40. The van der Waals surface area contributed by atoms with Crippen LogP contribution in [-0.2, 0) is 11.3 Å². The van der Waals surface area contributed by atoms with E-state index in [1.165, 1.54) is 6.42 Å². The average molecular weight is 285 g/mol. The number of amides is 1. The fourth-order valence-corrected chi connectivity index (χ4v) is 4.27. The van der Waals surface area contributed by atoms with E-state index in [2.05, 4.69) is 5.32 Å². The van der Waals surface area contributed by atoms with E-state index in [4.69, 9.17) is 11.6 Å². The fourth-order valence-electron chi connectivity index (χ4n) is 3.13. The van der Waals surface area contributed by atoms with Gasteiger partial charge in [-0.3, -0.25) is 4.79 Å². The molecule has 98 valence electrons. The van der Waals surface area contributed by atoms with Gasteiger partial charge in [0.1, 0.15) is 0 Å². The van der Waals surface area contributed by atoms with E-state index < -0.39 is 0 Å². The second kappa shape index (κ2) is 4.83. The van der Waals surface area contributed by atoms with Gasteiger partial charge in [0.15, 0.2) is 0 Å². The van der Waals surface area contributed by atoms with Crippen LogP contribution in [0.3, 0.4) is 0 Å². The number of nitrogens with zero attached hydrogens (tertiary/aromatic N) is 1. The molecule has 0 aromatic carbocycles. The van der Waals surface area contributed by atoms with Gasteiger partial charge in [-0.05, 0) is 31.4 Å². The smallest absolute Gasteiger partial charge is 0.227 e. The van der Waals surface area contributed by atoms with Crippen molar-refractivity contribution in [3.63, 3.8) is 0 Å². The van der Waals surface area contributed by atoms with E-state index in [1.54, 1.807) is 11.3 Å². The van der Waals surface area contributed by atoms with Crippen LogP contribution in [0.5, 0.6) is 0 Å². The first-order valence-electron chi connectivity index (χ1n) is 6.38. The lowest BCUT2D eigenvalue weighted by Gasteiger charge is -2.25. The summed E-state index contributed by atoms with van der Waals surface area (Å²) in [7, 11) is 1.89. The number of hydrogen-bond acceptors (Lipinski definition) is 3. The van der Waals surface area contributed by atoms with Gasteiger partial charge in [-0.2, -0.15) is 0 Å². The van der Waals surface area contributed by atoms with Crippen LogP contribution in [0, 0.1) is 5.92 Å². The van der Waals surface area contributed by atoms with Crippen molar-refractivity contribution in [1.29, 1.82) is 0 Å². The van der Waals surface area contributed by atoms with Gasteiger partial charge in [0.25, 0.3) is 0 Å². The monoisotopic (exact) mass is 284 g/mol. The molecule has 0 aliphatic carbocycles. The lowest BCUT2D eigenvalue weighted by atomic mass is 9.88. The van der Waals surface area contributed by atoms with Crippen molar-refractivity contribution in [2.45, 2.75) is 37.9 Å². The summed E-state index contributed by atoms with van der Waals surface area (Å²) in [6.45, 7) is 0.671. The Bertz CT molecular complexity index is 462. The summed E-state index contributed by atoms with van der Waals surface area (Å²) in [5.41, 5.74) is 0. The highest BCUT2D eigenvalue weighted by Crippen LogP contribution is 2.34.